The van der Waals surface area contributed by atoms with Gasteiger partial charge < -0.3 is 0 Å². The Kier molecular flexibility index (Phi) is 7.14. The second-order valence-electron chi connectivity index (χ2n) is 3.70. The molecule has 0 aliphatic carbocycles. The van der Waals surface area contributed by atoms with E-state index >= 15 is 0 Å². The molecule has 1 atom stereocenters. The average molecular weight is 269 g/mol. The minimum atomic E-state index is 0.268. The fourth-order valence-electron chi connectivity index (χ4n) is 1.42. The van der Waals surface area contributed by atoms with Gasteiger partial charge in [0.05, 0.1) is 5.02 Å². The number of halogens is 1. The Morgan fingerprint density at radius 2 is 2.24 bits per heavy atom. The van der Waals surface area contributed by atoms with E-state index in [1.165, 1.54) is 0 Å². The number of hydrazine groups is 1. The van der Waals surface area contributed by atoms with Crippen molar-refractivity contribution in [1.82, 2.24) is 5.43 Å². The summed E-state index contributed by atoms with van der Waals surface area (Å²) in [5, 5.41) is 0.789. The van der Waals surface area contributed by atoms with Crippen LogP contribution < -0.4 is 11.3 Å². The second-order valence-corrected chi connectivity index (χ2v) is 5.17. The van der Waals surface area contributed by atoms with E-state index < -0.39 is 0 Å². The fraction of sp³-hybridized carbons (Fsp3) is 0.385. The minimum Gasteiger partial charge on any atom is -0.271 e. The van der Waals surface area contributed by atoms with E-state index in [-0.39, 0.29) is 6.04 Å². The molecule has 0 bridgehead atoms. The van der Waals surface area contributed by atoms with Gasteiger partial charge in [0.1, 0.15) is 0 Å². The van der Waals surface area contributed by atoms with E-state index in [2.05, 4.69) is 11.3 Å². The van der Waals surface area contributed by atoms with Crippen LogP contribution >= 0.6 is 23.4 Å². The van der Waals surface area contributed by atoms with Crippen LogP contribution in [0.2, 0.25) is 5.02 Å². The molecule has 17 heavy (non-hydrogen) atoms. The van der Waals surface area contributed by atoms with Crippen LogP contribution in [0.25, 0.3) is 0 Å². The topological polar surface area (TPSA) is 38.0 Å². The van der Waals surface area contributed by atoms with Crippen molar-refractivity contribution in [2.45, 2.75) is 30.2 Å². The van der Waals surface area contributed by atoms with Crippen LogP contribution in [0.3, 0.4) is 0 Å². The van der Waals surface area contributed by atoms with Crippen LogP contribution in [0.15, 0.2) is 29.2 Å². The van der Waals surface area contributed by atoms with Crippen molar-refractivity contribution in [3.05, 3.63) is 29.3 Å². The van der Waals surface area contributed by atoms with Gasteiger partial charge in [-0.2, -0.15) is 0 Å². The SMILES string of the molecule is C#CCCCC(CSc1ccccc1Cl)NN. The van der Waals surface area contributed by atoms with Crippen LogP contribution in [0, 0.1) is 12.3 Å². The highest BCUT2D eigenvalue weighted by Gasteiger charge is 2.08. The van der Waals surface area contributed by atoms with Gasteiger partial charge in [0.25, 0.3) is 0 Å². The van der Waals surface area contributed by atoms with Gasteiger partial charge >= 0.3 is 0 Å². The highest BCUT2D eigenvalue weighted by Crippen LogP contribution is 2.27. The summed E-state index contributed by atoms with van der Waals surface area (Å²) in [5.74, 6) is 9.04. The largest absolute Gasteiger partial charge is 0.271 e. The number of unbranched alkanes of at least 4 members (excludes halogenated alkanes) is 1. The fourth-order valence-corrected chi connectivity index (χ4v) is 2.74. The number of terminal acetylenes is 1. The monoisotopic (exact) mass is 268 g/mol. The normalized spacial score (nSPS) is 12.1. The molecule has 0 aliphatic heterocycles. The zero-order valence-corrected chi connectivity index (χ0v) is 11.2. The van der Waals surface area contributed by atoms with E-state index in [1.807, 2.05) is 24.3 Å². The van der Waals surface area contributed by atoms with E-state index in [1.54, 1.807) is 11.8 Å². The molecule has 1 aromatic rings. The maximum atomic E-state index is 6.08. The van der Waals surface area contributed by atoms with Crippen LogP contribution in [0.5, 0.6) is 0 Å². The van der Waals surface area contributed by atoms with Crippen molar-refractivity contribution < 1.29 is 0 Å². The zero-order chi connectivity index (χ0) is 12.5. The van der Waals surface area contributed by atoms with Crippen molar-refractivity contribution in [3.63, 3.8) is 0 Å². The number of hydrogen-bond donors (Lipinski definition) is 2. The third kappa shape index (κ3) is 5.47. The molecule has 1 unspecified atom stereocenters. The molecule has 0 aliphatic rings. The third-order valence-corrected chi connectivity index (χ3v) is 4.06. The van der Waals surface area contributed by atoms with Gasteiger partial charge in [0.15, 0.2) is 0 Å². The van der Waals surface area contributed by atoms with Gasteiger partial charge in [0.2, 0.25) is 0 Å². The molecule has 4 heteroatoms. The summed E-state index contributed by atoms with van der Waals surface area (Å²) in [7, 11) is 0. The van der Waals surface area contributed by atoms with Gasteiger partial charge in [-0.15, -0.1) is 24.1 Å². The molecule has 0 saturated carbocycles. The molecular weight excluding hydrogens is 252 g/mol. The lowest BCUT2D eigenvalue weighted by molar-refractivity contribution is 0.524. The summed E-state index contributed by atoms with van der Waals surface area (Å²) in [5.41, 5.74) is 2.82. The molecule has 1 rings (SSSR count). The third-order valence-electron chi connectivity index (χ3n) is 2.39. The van der Waals surface area contributed by atoms with Crippen LogP contribution in [-0.4, -0.2) is 11.8 Å². The first-order valence-corrected chi connectivity index (χ1v) is 6.91. The van der Waals surface area contributed by atoms with Crippen LogP contribution in [0.1, 0.15) is 19.3 Å². The molecule has 0 radical (unpaired) electrons. The summed E-state index contributed by atoms with van der Waals surface area (Å²) in [6.07, 6.45) is 8.00. The van der Waals surface area contributed by atoms with E-state index in [0.717, 1.165) is 34.9 Å². The predicted molar refractivity (Wildman–Crippen MR) is 76.0 cm³/mol. The second kappa shape index (κ2) is 8.43. The summed E-state index contributed by atoms with van der Waals surface area (Å²) in [6, 6.07) is 8.09. The van der Waals surface area contributed by atoms with Crippen LogP contribution in [0.4, 0.5) is 0 Å². The summed E-state index contributed by atoms with van der Waals surface area (Å²) in [6.45, 7) is 0. The van der Waals surface area contributed by atoms with Gasteiger partial charge in [-0.05, 0) is 25.0 Å². The number of benzene rings is 1. The van der Waals surface area contributed by atoms with Gasteiger partial charge in [-0.25, -0.2) is 0 Å². The smallest absolute Gasteiger partial charge is 0.0541 e. The molecule has 3 N–H and O–H groups in total. The maximum absolute atomic E-state index is 6.08. The number of hydrogen-bond acceptors (Lipinski definition) is 3. The van der Waals surface area contributed by atoms with Crippen molar-refractivity contribution in [2.75, 3.05) is 5.75 Å². The van der Waals surface area contributed by atoms with Crippen molar-refractivity contribution in [1.29, 1.82) is 0 Å². The standard InChI is InChI=1S/C13H17ClN2S/c1-2-3-4-7-11(16-15)10-17-13-9-6-5-8-12(13)14/h1,5-6,8-9,11,16H,3-4,7,10,15H2. The highest BCUT2D eigenvalue weighted by atomic mass is 35.5. The zero-order valence-electron chi connectivity index (χ0n) is 9.66. The first-order valence-electron chi connectivity index (χ1n) is 5.55. The molecule has 92 valence electrons. The number of rotatable bonds is 7. The van der Waals surface area contributed by atoms with Gasteiger partial charge in [-0.1, -0.05) is 23.7 Å². The summed E-state index contributed by atoms with van der Waals surface area (Å²) < 4.78 is 0. The van der Waals surface area contributed by atoms with Gasteiger partial charge in [0, 0.05) is 23.1 Å². The highest BCUT2D eigenvalue weighted by molar-refractivity contribution is 7.99. The number of nitrogens with one attached hydrogen (secondary N) is 1. The molecule has 1 aromatic carbocycles. The first kappa shape index (κ1) is 14.4. The Morgan fingerprint density at radius 3 is 2.88 bits per heavy atom. The van der Waals surface area contributed by atoms with Gasteiger partial charge in [-0.3, -0.25) is 11.3 Å². The van der Waals surface area contributed by atoms with Crippen LogP contribution in [-0.2, 0) is 0 Å². The molecular formula is C13H17ClN2S. The van der Waals surface area contributed by atoms with E-state index in [9.17, 15) is 0 Å². The quantitative estimate of drug-likeness (QED) is 0.262. The number of thioether (sulfide) groups is 1. The lowest BCUT2D eigenvalue weighted by Gasteiger charge is -2.15. The van der Waals surface area contributed by atoms with Crippen molar-refractivity contribution in [2.24, 2.45) is 5.84 Å². The molecule has 0 spiro atoms. The molecule has 0 heterocycles. The van der Waals surface area contributed by atoms with E-state index in [0.29, 0.717) is 0 Å². The molecule has 0 aromatic heterocycles. The Morgan fingerprint density at radius 1 is 1.47 bits per heavy atom. The lowest BCUT2D eigenvalue weighted by Crippen LogP contribution is -2.36. The molecule has 2 nitrogen and oxygen atoms in total. The summed E-state index contributed by atoms with van der Waals surface area (Å²) >= 11 is 7.79. The van der Waals surface area contributed by atoms with Crippen molar-refractivity contribution >= 4 is 23.4 Å². The molecule has 0 saturated heterocycles. The Bertz CT molecular complexity index is 376. The Labute approximate surface area is 112 Å². The van der Waals surface area contributed by atoms with E-state index in [4.69, 9.17) is 23.9 Å². The molecule has 0 fully saturated rings. The number of nitrogens with two attached hydrogens (primary N) is 1. The van der Waals surface area contributed by atoms with Crippen molar-refractivity contribution in [3.8, 4) is 12.3 Å². The molecule has 0 amide bonds. The Balaban J connectivity index is 2.37. The average Bonchev–Trinajstić information content (AvgIpc) is 2.35. The lowest BCUT2D eigenvalue weighted by atomic mass is 10.1. The predicted octanol–water partition coefficient (Wildman–Crippen LogP) is 3.07. The Hall–Kier alpha value is -0.660. The summed E-state index contributed by atoms with van der Waals surface area (Å²) in [4.78, 5) is 1.09. The maximum Gasteiger partial charge on any atom is 0.0541 e. The first-order chi connectivity index (χ1) is 8.27. The minimum absolute atomic E-state index is 0.268.